The number of nitrogens with two attached hydrogens (primary N) is 1. The fraction of sp³-hybridized carbons (Fsp3) is 0.300. The van der Waals surface area contributed by atoms with Gasteiger partial charge in [-0.2, -0.15) is 5.26 Å². The molecule has 0 bridgehead atoms. The fourth-order valence-electron chi connectivity index (χ4n) is 1.23. The van der Waals surface area contributed by atoms with Crippen LogP contribution in [0.15, 0.2) is 12.1 Å². The van der Waals surface area contributed by atoms with Crippen LogP contribution < -0.4 is 10.6 Å². The van der Waals surface area contributed by atoms with Gasteiger partial charge in [0.25, 0.3) is 0 Å². The Morgan fingerprint density at radius 3 is 2.80 bits per heavy atom. The second kappa shape index (κ2) is 5.20. The van der Waals surface area contributed by atoms with Gasteiger partial charge in [-0.3, -0.25) is 0 Å². The molecule has 1 aromatic rings. The maximum absolute atomic E-state index is 9.54. The second-order valence-corrected chi connectivity index (χ2v) is 2.93. The standard InChI is InChI=1S/C10H12N2O3/c1-14-9-5-7(2-3-15-12)4-8(6-11)10(9)13/h4-5,13H,2-3,12H2,1H3. The third-order valence-electron chi connectivity index (χ3n) is 1.98. The maximum Gasteiger partial charge on any atom is 0.175 e. The Morgan fingerprint density at radius 1 is 1.53 bits per heavy atom. The molecule has 0 aliphatic carbocycles. The monoisotopic (exact) mass is 208 g/mol. The van der Waals surface area contributed by atoms with Gasteiger partial charge in [0.1, 0.15) is 6.07 Å². The second-order valence-electron chi connectivity index (χ2n) is 2.93. The molecular weight excluding hydrogens is 196 g/mol. The normalized spacial score (nSPS) is 9.67. The zero-order chi connectivity index (χ0) is 11.3. The number of hydrogen-bond donors (Lipinski definition) is 2. The number of hydrogen-bond acceptors (Lipinski definition) is 5. The van der Waals surface area contributed by atoms with E-state index in [0.29, 0.717) is 13.0 Å². The summed E-state index contributed by atoms with van der Waals surface area (Å²) in [5.74, 6) is 5.04. The molecular formula is C10H12N2O3. The lowest BCUT2D eigenvalue weighted by Crippen LogP contribution is -2.04. The predicted molar refractivity (Wildman–Crippen MR) is 53.2 cm³/mol. The Kier molecular flexibility index (Phi) is 3.92. The summed E-state index contributed by atoms with van der Waals surface area (Å²) in [7, 11) is 1.43. The van der Waals surface area contributed by atoms with Crippen molar-refractivity contribution >= 4 is 0 Å². The van der Waals surface area contributed by atoms with Crippen molar-refractivity contribution in [2.75, 3.05) is 13.7 Å². The van der Waals surface area contributed by atoms with Crippen LogP contribution in [-0.4, -0.2) is 18.8 Å². The Balaban J connectivity index is 3.05. The molecule has 5 nitrogen and oxygen atoms in total. The smallest absolute Gasteiger partial charge is 0.175 e. The van der Waals surface area contributed by atoms with E-state index in [1.807, 2.05) is 6.07 Å². The van der Waals surface area contributed by atoms with Gasteiger partial charge in [0.2, 0.25) is 0 Å². The third kappa shape index (κ3) is 2.59. The lowest BCUT2D eigenvalue weighted by molar-refractivity contribution is 0.141. The highest BCUT2D eigenvalue weighted by molar-refractivity contribution is 5.53. The van der Waals surface area contributed by atoms with Crippen molar-refractivity contribution in [3.63, 3.8) is 0 Å². The van der Waals surface area contributed by atoms with Gasteiger partial charge in [0.15, 0.2) is 11.5 Å². The van der Waals surface area contributed by atoms with E-state index in [9.17, 15) is 5.11 Å². The van der Waals surface area contributed by atoms with Crippen molar-refractivity contribution in [3.05, 3.63) is 23.3 Å². The first-order valence-electron chi connectivity index (χ1n) is 4.34. The van der Waals surface area contributed by atoms with Crippen LogP contribution in [0.1, 0.15) is 11.1 Å². The SMILES string of the molecule is COc1cc(CCON)cc(C#N)c1O. The number of benzene rings is 1. The largest absolute Gasteiger partial charge is 0.503 e. The highest BCUT2D eigenvalue weighted by Crippen LogP contribution is 2.30. The average Bonchev–Trinajstić information content (AvgIpc) is 2.27. The molecule has 0 atom stereocenters. The first-order valence-corrected chi connectivity index (χ1v) is 4.34. The van der Waals surface area contributed by atoms with Gasteiger partial charge >= 0.3 is 0 Å². The highest BCUT2D eigenvalue weighted by atomic mass is 16.6. The van der Waals surface area contributed by atoms with Crippen LogP contribution in [0.3, 0.4) is 0 Å². The van der Waals surface area contributed by atoms with Crippen LogP contribution in [0.2, 0.25) is 0 Å². The number of phenolic OH excluding ortho intramolecular Hbond substituents is 1. The van der Waals surface area contributed by atoms with Crippen molar-refractivity contribution < 1.29 is 14.7 Å². The highest BCUT2D eigenvalue weighted by Gasteiger charge is 2.09. The molecule has 0 unspecified atom stereocenters. The molecule has 0 heterocycles. The summed E-state index contributed by atoms with van der Waals surface area (Å²) in [6, 6.07) is 5.11. The van der Waals surface area contributed by atoms with Crippen LogP contribution >= 0.6 is 0 Å². The van der Waals surface area contributed by atoms with Crippen LogP contribution in [0.25, 0.3) is 0 Å². The molecule has 0 saturated heterocycles. The molecule has 0 amide bonds. The van der Waals surface area contributed by atoms with Crippen molar-refractivity contribution in [2.24, 2.45) is 5.90 Å². The van der Waals surface area contributed by atoms with E-state index >= 15 is 0 Å². The van der Waals surface area contributed by atoms with Crippen LogP contribution in [0.4, 0.5) is 0 Å². The lowest BCUT2D eigenvalue weighted by atomic mass is 10.1. The first kappa shape index (κ1) is 11.3. The van der Waals surface area contributed by atoms with Crippen LogP contribution in [0.5, 0.6) is 11.5 Å². The number of nitrogens with zero attached hydrogens (tertiary/aromatic N) is 1. The van der Waals surface area contributed by atoms with Crippen molar-refractivity contribution in [2.45, 2.75) is 6.42 Å². The third-order valence-corrected chi connectivity index (χ3v) is 1.98. The molecule has 1 rings (SSSR count). The Morgan fingerprint density at radius 2 is 2.27 bits per heavy atom. The summed E-state index contributed by atoms with van der Waals surface area (Å²) < 4.78 is 4.93. The number of phenols is 1. The molecule has 15 heavy (non-hydrogen) atoms. The molecule has 0 aliphatic heterocycles. The van der Waals surface area contributed by atoms with Gasteiger partial charge in [-0.05, 0) is 24.1 Å². The topological polar surface area (TPSA) is 88.5 Å². The molecule has 0 saturated carbocycles. The maximum atomic E-state index is 9.54. The van der Waals surface area contributed by atoms with Gasteiger partial charge < -0.3 is 14.7 Å². The zero-order valence-corrected chi connectivity index (χ0v) is 8.36. The first-order chi connectivity index (χ1) is 7.22. The quantitative estimate of drug-likeness (QED) is 0.711. The minimum atomic E-state index is -0.141. The summed E-state index contributed by atoms with van der Waals surface area (Å²) in [6.07, 6.45) is 0.557. The molecule has 0 aliphatic rings. The minimum Gasteiger partial charge on any atom is -0.503 e. The van der Waals surface area contributed by atoms with Crippen LogP contribution in [-0.2, 0) is 11.3 Å². The molecule has 0 radical (unpaired) electrons. The van der Waals surface area contributed by atoms with Gasteiger partial charge in [-0.25, -0.2) is 5.90 Å². The van der Waals surface area contributed by atoms with E-state index in [1.54, 1.807) is 12.1 Å². The van der Waals surface area contributed by atoms with E-state index in [1.165, 1.54) is 7.11 Å². The van der Waals surface area contributed by atoms with E-state index in [4.69, 9.17) is 15.9 Å². The van der Waals surface area contributed by atoms with E-state index < -0.39 is 0 Å². The van der Waals surface area contributed by atoms with Crippen molar-refractivity contribution in [3.8, 4) is 17.6 Å². The summed E-state index contributed by atoms with van der Waals surface area (Å²) in [5.41, 5.74) is 1.01. The van der Waals surface area contributed by atoms with Crippen molar-refractivity contribution in [1.29, 1.82) is 5.26 Å². The molecule has 0 aromatic heterocycles. The Hall–Kier alpha value is -1.77. The number of ether oxygens (including phenoxy) is 1. The molecule has 80 valence electrons. The zero-order valence-electron chi connectivity index (χ0n) is 8.36. The summed E-state index contributed by atoms with van der Waals surface area (Å²) in [4.78, 5) is 4.44. The molecule has 0 fully saturated rings. The summed E-state index contributed by atoms with van der Waals surface area (Å²) in [5, 5.41) is 18.3. The number of methoxy groups -OCH3 is 1. The van der Waals surface area contributed by atoms with Gasteiger partial charge in [-0.15, -0.1) is 0 Å². The number of aromatic hydroxyl groups is 1. The van der Waals surface area contributed by atoms with Crippen LogP contribution in [0, 0.1) is 11.3 Å². The number of nitriles is 1. The number of rotatable bonds is 4. The fourth-order valence-corrected chi connectivity index (χ4v) is 1.23. The molecule has 5 heteroatoms. The van der Waals surface area contributed by atoms with E-state index in [-0.39, 0.29) is 17.1 Å². The molecule has 1 aromatic carbocycles. The predicted octanol–water partition coefficient (Wildman–Crippen LogP) is 0.705. The summed E-state index contributed by atoms with van der Waals surface area (Å²) in [6.45, 7) is 0.346. The van der Waals surface area contributed by atoms with E-state index in [2.05, 4.69) is 4.84 Å². The summed E-state index contributed by atoms with van der Waals surface area (Å²) >= 11 is 0. The van der Waals surface area contributed by atoms with Gasteiger partial charge in [-0.1, -0.05) is 0 Å². The minimum absolute atomic E-state index is 0.141. The average molecular weight is 208 g/mol. The van der Waals surface area contributed by atoms with E-state index in [0.717, 1.165) is 5.56 Å². The molecule has 3 N–H and O–H groups in total. The Labute approximate surface area is 87.6 Å². The van der Waals surface area contributed by atoms with Gasteiger partial charge in [0.05, 0.1) is 19.3 Å². The molecule has 0 spiro atoms. The lowest BCUT2D eigenvalue weighted by Gasteiger charge is -2.07. The van der Waals surface area contributed by atoms with Crippen molar-refractivity contribution in [1.82, 2.24) is 0 Å². The Bertz CT molecular complexity index is 385. The van der Waals surface area contributed by atoms with Gasteiger partial charge in [0, 0.05) is 0 Å².